The van der Waals surface area contributed by atoms with E-state index in [0.717, 1.165) is 58.0 Å². The average Bonchev–Trinajstić information content (AvgIpc) is 4.03. The number of nitrogens with one attached hydrogen (secondary N) is 1. The molecule has 5 heteroatoms. The Morgan fingerprint density at radius 2 is 1.09 bits per heavy atom. The second-order valence-electron chi connectivity index (χ2n) is 26.7. The molecule has 0 spiro atoms. The first kappa shape index (κ1) is 50.3. The first-order valence-corrected chi connectivity index (χ1v) is 28.6. The van der Waals surface area contributed by atoms with Gasteiger partial charge < -0.3 is 19.9 Å². The molecule has 0 saturated carbocycles. The summed E-state index contributed by atoms with van der Waals surface area (Å²) in [5.74, 6) is 1.91. The van der Waals surface area contributed by atoms with Crippen LogP contribution in [0.15, 0.2) is 188 Å². The normalized spacial score (nSPS) is 15.6. The third kappa shape index (κ3) is 10.6. The summed E-state index contributed by atoms with van der Waals surface area (Å²) >= 11 is 0. The number of pyridine rings is 1. The van der Waals surface area contributed by atoms with Crippen LogP contribution in [0.3, 0.4) is 0 Å². The number of fused-ring (bicyclic) bond motifs is 2. The number of aryl methyl sites for hydroxylation is 1. The molecule has 0 amide bonds. The molecule has 0 atom stereocenters. The van der Waals surface area contributed by atoms with Gasteiger partial charge in [-0.3, -0.25) is 0 Å². The predicted octanol–water partition coefficient (Wildman–Crippen LogP) is 21.1. The quantitative estimate of drug-likeness (QED) is 0.148. The highest BCUT2D eigenvalue weighted by Crippen LogP contribution is 2.53. The lowest BCUT2D eigenvalue weighted by Crippen LogP contribution is -2.34. The van der Waals surface area contributed by atoms with Gasteiger partial charge in [-0.2, -0.15) is 0 Å². The zero-order valence-corrected chi connectivity index (χ0v) is 49.3. The van der Waals surface area contributed by atoms with Crippen molar-refractivity contribution in [3.05, 3.63) is 222 Å². The van der Waals surface area contributed by atoms with Crippen LogP contribution in [0.5, 0.6) is 11.5 Å². The predicted molar refractivity (Wildman–Crippen MR) is 340 cm³/mol. The van der Waals surface area contributed by atoms with Crippen LogP contribution in [0.1, 0.15) is 140 Å². The molecular formula is C75H80N4O. The van der Waals surface area contributed by atoms with E-state index in [-0.39, 0.29) is 32.6 Å². The third-order valence-electron chi connectivity index (χ3n) is 16.8. The minimum absolute atomic E-state index is 0.0212. The van der Waals surface area contributed by atoms with Gasteiger partial charge in [-0.1, -0.05) is 211 Å². The minimum atomic E-state index is -2.38. The molecule has 8 aromatic carbocycles. The summed E-state index contributed by atoms with van der Waals surface area (Å²) in [4.78, 5) is 9.84. The molecule has 0 saturated heterocycles. The number of rotatable bonds is 10. The van der Waals surface area contributed by atoms with Crippen molar-refractivity contribution in [2.45, 2.75) is 137 Å². The van der Waals surface area contributed by atoms with Gasteiger partial charge in [-0.05, 0) is 157 Å². The van der Waals surface area contributed by atoms with Gasteiger partial charge in [0, 0.05) is 50.0 Å². The molecule has 0 radical (unpaired) electrons. The van der Waals surface area contributed by atoms with Crippen molar-refractivity contribution in [3.63, 3.8) is 0 Å². The number of nitrogens with zero attached hydrogens (tertiary/aromatic N) is 3. The Labute approximate surface area is 482 Å². The third-order valence-corrected chi connectivity index (χ3v) is 16.8. The first-order chi connectivity index (χ1) is 39.1. The molecule has 11 rings (SSSR count). The SMILES string of the molecule is [2H]C([2H])([2H])c1cc(Nc2ccc(C(C)(C)C)cc2-c2ccc(Oc3cccc(N4CN(c5c(-c6ccccc6)cccc5-c5cc(C(C)(C)C)cc(C(C)(C)C)c5)c5ccccc54)c3)cc2)ncc1-c1cccc2c1C(C)(C)CCC2(C)C. The Morgan fingerprint density at radius 3 is 1.76 bits per heavy atom. The number of aromatic nitrogens is 1. The summed E-state index contributed by atoms with van der Waals surface area (Å²) in [6.07, 6.45) is 3.85. The number of benzene rings is 8. The van der Waals surface area contributed by atoms with Gasteiger partial charge >= 0.3 is 0 Å². The van der Waals surface area contributed by atoms with Gasteiger partial charge in [0.25, 0.3) is 0 Å². The molecule has 1 aliphatic heterocycles. The van der Waals surface area contributed by atoms with Gasteiger partial charge in [0.15, 0.2) is 0 Å². The second kappa shape index (κ2) is 20.3. The molecule has 2 aliphatic rings. The van der Waals surface area contributed by atoms with Gasteiger partial charge in [0.05, 0.1) is 17.1 Å². The molecule has 80 heavy (non-hydrogen) atoms. The molecule has 406 valence electrons. The Balaban J connectivity index is 0.906. The van der Waals surface area contributed by atoms with Crippen LogP contribution in [-0.2, 0) is 27.1 Å². The van der Waals surface area contributed by atoms with Crippen LogP contribution < -0.4 is 19.9 Å². The van der Waals surface area contributed by atoms with E-state index in [1.54, 1.807) is 12.3 Å². The molecule has 5 nitrogen and oxygen atoms in total. The number of hydrogen-bond donors (Lipinski definition) is 1. The number of anilines is 6. The van der Waals surface area contributed by atoms with Crippen LogP contribution in [0.2, 0.25) is 0 Å². The zero-order valence-electron chi connectivity index (χ0n) is 52.3. The zero-order chi connectivity index (χ0) is 59.0. The lowest BCUT2D eigenvalue weighted by atomic mass is 9.61. The molecule has 2 heterocycles. The van der Waals surface area contributed by atoms with Gasteiger partial charge in [0.1, 0.15) is 24.0 Å². The van der Waals surface area contributed by atoms with E-state index in [2.05, 4.69) is 263 Å². The maximum atomic E-state index is 8.83. The molecule has 9 aromatic rings. The Bertz CT molecular complexity index is 3860. The smallest absolute Gasteiger partial charge is 0.130 e. The Morgan fingerprint density at radius 1 is 0.487 bits per heavy atom. The molecular weight excluding hydrogens is 973 g/mol. The topological polar surface area (TPSA) is 40.6 Å². The highest BCUT2D eigenvalue weighted by atomic mass is 16.5. The minimum Gasteiger partial charge on any atom is -0.457 e. The maximum absolute atomic E-state index is 8.83. The van der Waals surface area contributed by atoms with E-state index < -0.39 is 6.85 Å². The first-order valence-electron chi connectivity index (χ1n) is 30.1. The van der Waals surface area contributed by atoms with E-state index in [1.165, 1.54) is 55.8 Å². The Kier molecular flexibility index (Phi) is 12.8. The van der Waals surface area contributed by atoms with Crippen molar-refractivity contribution in [3.8, 4) is 56.0 Å². The van der Waals surface area contributed by atoms with Crippen molar-refractivity contribution in [2.75, 3.05) is 21.8 Å². The van der Waals surface area contributed by atoms with Crippen LogP contribution in [0.25, 0.3) is 44.5 Å². The summed E-state index contributed by atoms with van der Waals surface area (Å²) in [6, 6.07) is 64.6. The molecule has 1 N–H and O–H groups in total. The van der Waals surface area contributed by atoms with Crippen LogP contribution >= 0.6 is 0 Å². The monoisotopic (exact) mass is 1060 g/mol. The van der Waals surface area contributed by atoms with E-state index in [1.807, 2.05) is 18.2 Å². The van der Waals surface area contributed by atoms with Crippen molar-refractivity contribution < 1.29 is 8.85 Å². The summed E-state index contributed by atoms with van der Waals surface area (Å²) < 4.78 is 33.2. The number of hydrogen-bond acceptors (Lipinski definition) is 5. The fourth-order valence-corrected chi connectivity index (χ4v) is 11.9. The fourth-order valence-electron chi connectivity index (χ4n) is 11.9. The molecule has 0 fully saturated rings. The molecule has 0 bridgehead atoms. The molecule has 1 aliphatic carbocycles. The summed E-state index contributed by atoms with van der Waals surface area (Å²) in [5, 5.41) is 3.58. The highest BCUT2D eigenvalue weighted by Gasteiger charge is 2.39. The van der Waals surface area contributed by atoms with E-state index in [9.17, 15) is 0 Å². The van der Waals surface area contributed by atoms with Crippen LogP contribution in [0, 0.1) is 6.85 Å². The molecule has 0 unspecified atom stereocenters. The summed E-state index contributed by atoms with van der Waals surface area (Å²) in [5.41, 5.74) is 19.8. The van der Waals surface area contributed by atoms with Crippen molar-refractivity contribution in [1.82, 2.24) is 4.98 Å². The van der Waals surface area contributed by atoms with Crippen LogP contribution in [0.4, 0.5) is 34.3 Å². The summed E-state index contributed by atoms with van der Waals surface area (Å²) in [6.45, 7) is 27.8. The van der Waals surface area contributed by atoms with E-state index in [0.29, 0.717) is 23.8 Å². The number of para-hydroxylation sites is 3. The summed E-state index contributed by atoms with van der Waals surface area (Å²) in [7, 11) is 0. The van der Waals surface area contributed by atoms with Crippen molar-refractivity contribution in [1.29, 1.82) is 0 Å². The van der Waals surface area contributed by atoms with Crippen molar-refractivity contribution >= 4 is 34.3 Å². The number of ether oxygens (including phenoxy) is 1. The van der Waals surface area contributed by atoms with Crippen LogP contribution in [-0.4, -0.2) is 11.7 Å². The standard InChI is InChI=1S/C75H80N4O/c1-49-41-68(76-47-63(49)61-29-22-30-64-69(61)75(13,14)40-39-74(64,11)12)77-65-38-35-53(71(2,3)4)45-62(65)51-33-36-57(37-34-51)80-58-26-20-25-56(46-58)78-48-79(67-32-19-18-31-66(67)78)70-59(50-23-16-15-17-24-50)27-21-28-60(70)52-42-54(72(5,6)7)44-55(43-52)73(8,9)10/h15-38,41-47H,39-40,48H2,1-14H3,(H,76,77)/i1D3. The van der Waals surface area contributed by atoms with Crippen molar-refractivity contribution in [2.24, 2.45) is 0 Å². The lowest BCUT2D eigenvalue weighted by Gasteiger charge is -2.43. The molecule has 1 aromatic heterocycles. The maximum Gasteiger partial charge on any atom is 0.130 e. The van der Waals surface area contributed by atoms with Gasteiger partial charge in [-0.25, -0.2) is 4.98 Å². The second-order valence-corrected chi connectivity index (χ2v) is 26.7. The van der Waals surface area contributed by atoms with E-state index in [4.69, 9.17) is 13.8 Å². The average molecular weight is 1060 g/mol. The Hall–Kier alpha value is -7.89. The van der Waals surface area contributed by atoms with Gasteiger partial charge in [-0.15, -0.1) is 0 Å². The fraction of sp³-hybridized carbons (Fsp3) is 0.293. The highest BCUT2D eigenvalue weighted by molar-refractivity contribution is 5.99. The largest absolute Gasteiger partial charge is 0.457 e. The van der Waals surface area contributed by atoms with Gasteiger partial charge in [0.2, 0.25) is 0 Å². The lowest BCUT2D eigenvalue weighted by molar-refractivity contribution is 0.333. The van der Waals surface area contributed by atoms with E-state index >= 15 is 0 Å².